The van der Waals surface area contributed by atoms with Crippen molar-refractivity contribution >= 4 is 46.6 Å². The summed E-state index contributed by atoms with van der Waals surface area (Å²) in [5, 5.41) is 15.1. The molecular formula is C14H10ClNO3S. The van der Waals surface area contributed by atoms with Gasteiger partial charge >= 0.3 is 5.97 Å². The summed E-state index contributed by atoms with van der Waals surface area (Å²) in [5.41, 5.74) is 1.21. The van der Waals surface area contributed by atoms with Crippen molar-refractivity contribution in [3.8, 4) is 0 Å². The van der Waals surface area contributed by atoms with Crippen molar-refractivity contribution in [2.75, 3.05) is 5.32 Å². The van der Waals surface area contributed by atoms with E-state index < -0.39 is 5.97 Å². The van der Waals surface area contributed by atoms with Crippen molar-refractivity contribution in [1.82, 2.24) is 0 Å². The smallest absolute Gasteiger partial charge is 0.338 e. The van der Waals surface area contributed by atoms with Crippen molar-refractivity contribution in [2.45, 2.75) is 0 Å². The van der Waals surface area contributed by atoms with E-state index in [1.165, 1.54) is 22.8 Å². The number of thiophene rings is 1. The van der Waals surface area contributed by atoms with Gasteiger partial charge in [0.2, 0.25) is 5.91 Å². The van der Waals surface area contributed by atoms with Crippen molar-refractivity contribution in [1.29, 1.82) is 0 Å². The summed E-state index contributed by atoms with van der Waals surface area (Å²) in [4.78, 5) is 22.6. The Labute approximate surface area is 124 Å². The molecule has 2 aromatic rings. The van der Waals surface area contributed by atoms with Crippen LogP contribution in [0.2, 0.25) is 5.02 Å². The number of aromatic carboxylic acids is 1. The number of anilines is 1. The summed E-state index contributed by atoms with van der Waals surface area (Å²) in [5.74, 6) is -1.45. The van der Waals surface area contributed by atoms with Crippen LogP contribution in [0.3, 0.4) is 0 Å². The highest BCUT2D eigenvalue weighted by Crippen LogP contribution is 2.20. The minimum atomic E-state index is -1.07. The Morgan fingerprint density at radius 2 is 1.90 bits per heavy atom. The van der Waals surface area contributed by atoms with Gasteiger partial charge in [-0.3, -0.25) is 4.79 Å². The normalized spacial score (nSPS) is 10.7. The first-order valence-corrected chi connectivity index (χ1v) is 6.92. The highest BCUT2D eigenvalue weighted by Gasteiger charge is 2.12. The molecule has 0 aliphatic rings. The van der Waals surface area contributed by atoms with Crippen molar-refractivity contribution in [3.05, 3.63) is 57.3 Å². The van der Waals surface area contributed by atoms with E-state index in [2.05, 4.69) is 5.32 Å². The number of amides is 1. The molecule has 20 heavy (non-hydrogen) atoms. The minimum absolute atomic E-state index is 0.0863. The maximum Gasteiger partial charge on any atom is 0.338 e. The number of carboxylic acid groups (broad SMARTS) is 1. The molecule has 0 saturated carbocycles. The summed E-state index contributed by atoms with van der Waals surface area (Å²) in [6, 6.07) is 7.00. The van der Waals surface area contributed by atoms with E-state index in [0.717, 1.165) is 5.56 Å². The number of benzene rings is 1. The van der Waals surface area contributed by atoms with E-state index in [0.29, 0.717) is 10.7 Å². The van der Waals surface area contributed by atoms with Gasteiger partial charge in [-0.2, -0.15) is 0 Å². The highest BCUT2D eigenvalue weighted by molar-refractivity contribution is 7.08. The first-order valence-electron chi connectivity index (χ1n) is 5.60. The number of carboxylic acids is 1. The molecule has 1 heterocycles. The zero-order valence-corrected chi connectivity index (χ0v) is 11.7. The van der Waals surface area contributed by atoms with Crippen LogP contribution >= 0.6 is 22.9 Å². The SMILES string of the molecule is O=C(/C=C/c1ccc(Cl)cc1)Nc1cscc1C(=O)O. The Morgan fingerprint density at radius 1 is 1.20 bits per heavy atom. The van der Waals surface area contributed by atoms with Crippen molar-refractivity contribution < 1.29 is 14.7 Å². The van der Waals surface area contributed by atoms with E-state index in [4.69, 9.17) is 16.7 Å². The van der Waals surface area contributed by atoms with Gasteiger partial charge in [-0.05, 0) is 23.8 Å². The summed E-state index contributed by atoms with van der Waals surface area (Å²) >= 11 is 6.98. The molecule has 102 valence electrons. The Morgan fingerprint density at radius 3 is 2.55 bits per heavy atom. The van der Waals surface area contributed by atoms with Gasteiger partial charge in [0.25, 0.3) is 0 Å². The summed E-state index contributed by atoms with van der Waals surface area (Å²) in [6.45, 7) is 0. The average Bonchev–Trinajstić information content (AvgIpc) is 2.86. The minimum Gasteiger partial charge on any atom is -0.478 e. The number of rotatable bonds is 4. The predicted molar refractivity (Wildman–Crippen MR) is 80.4 cm³/mol. The Balaban J connectivity index is 2.03. The Bertz CT molecular complexity index is 661. The number of nitrogens with one attached hydrogen (secondary N) is 1. The van der Waals surface area contributed by atoms with E-state index in [1.807, 2.05) is 0 Å². The monoisotopic (exact) mass is 307 g/mol. The van der Waals surface area contributed by atoms with Crippen LogP contribution in [0.1, 0.15) is 15.9 Å². The molecule has 0 bridgehead atoms. The molecule has 1 amide bonds. The van der Waals surface area contributed by atoms with Gasteiger partial charge < -0.3 is 10.4 Å². The molecule has 0 fully saturated rings. The van der Waals surface area contributed by atoms with Gasteiger partial charge in [0.1, 0.15) is 0 Å². The zero-order chi connectivity index (χ0) is 14.5. The van der Waals surface area contributed by atoms with Crippen molar-refractivity contribution in [3.63, 3.8) is 0 Å². The number of hydrogen-bond acceptors (Lipinski definition) is 3. The molecule has 2 N–H and O–H groups in total. The first-order chi connectivity index (χ1) is 9.56. The van der Waals surface area contributed by atoms with Crippen LogP contribution < -0.4 is 5.32 Å². The van der Waals surface area contributed by atoms with Crippen LogP contribution in [-0.2, 0) is 4.79 Å². The first kappa shape index (κ1) is 14.3. The van der Waals surface area contributed by atoms with E-state index >= 15 is 0 Å². The Kier molecular flexibility index (Phi) is 4.55. The van der Waals surface area contributed by atoms with Gasteiger partial charge in [-0.1, -0.05) is 23.7 Å². The van der Waals surface area contributed by atoms with Gasteiger partial charge in [0.05, 0.1) is 11.3 Å². The van der Waals surface area contributed by atoms with Gasteiger partial charge in [0.15, 0.2) is 0 Å². The molecule has 1 aromatic carbocycles. The molecule has 0 unspecified atom stereocenters. The molecule has 4 nitrogen and oxygen atoms in total. The number of carbonyl (C=O) groups excluding carboxylic acids is 1. The predicted octanol–water partition coefficient (Wildman–Crippen LogP) is 3.75. The lowest BCUT2D eigenvalue weighted by atomic mass is 10.2. The molecule has 0 aliphatic carbocycles. The lowest BCUT2D eigenvalue weighted by molar-refractivity contribution is -0.111. The maximum atomic E-state index is 11.7. The molecule has 0 radical (unpaired) electrons. The molecule has 1 aromatic heterocycles. The largest absolute Gasteiger partial charge is 0.478 e. The van der Waals surface area contributed by atoms with Crippen LogP contribution in [0.15, 0.2) is 41.1 Å². The molecule has 0 spiro atoms. The fourth-order valence-corrected chi connectivity index (χ4v) is 2.36. The molecule has 6 heteroatoms. The van der Waals surface area contributed by atoms with Gasteiger partial charge in [-0.15, -0.1) is 11.3 Å². The number of carbonyl (C=O) groups is 2. The number of halogens is 1. The quantitative estimate of drug-likeness (QED) is 0.845. The van der Waals surface area contributed by atoms with Crippen LogP contribution in [0.4, 0.5) is 5.69 Å². The number of hydrogen-bond donors (Lipinski definition) is 2. The Hall–Kier alpha value is -2.11. The van der Waals surface area contributed by atoms with Crippen LogP contribution in [0.5, 0.6) is 0 Å². The third-order valence-corrected chi connectivity index (χ3v) is 3.44. The van der Waals surface area contributed by atoms with Crippen LogP contribution in [0, 0.1) is 0 Å². The second kappa shape index (κ2) is 6.36. The van der Waals surface area contributed by atoms with Crippen LogP contribution in [-0.4, -0.2) is 17.0 Å². The highest BCUT2D eigenvalue weighted by atomic mass is 35.5. The lowest BCUT2D eigenvalue weighted by Gasteiger charge is -2.00. The molecule has 0 saturated heterocycles. The summed E-state index contributed by atoms with van der Waals surface area (Å²) in [7, 11) is 0. The second-order valence-corrected chi connectivity index (χ2v) is 5.06. The van der Waals surface area contributed by atoms with E-state index in [-0.39, 0.29) is 11.5 Å². The molecular weight excluding hydrogens is 298 g/mol. The summed E-state index contributed by atoms with van der Waals surface area (Å²) < 4.78 is 0. The van der Waals surface area contributed by atoms with Gasteiger partial charge in [0, 0.05) is 21.9 Å². The third-order valence-electron chi connectivity index (χ3n) is 2.45. The van der Waals surface area contributed by atoms with E-state index in [9.17, 15) is 9.59 Å². The topological polar surface area (TPSA) is 66.4 Å². The standard InChI is InChI=1S/C14H10ClNO3S/c15-10-4-1-9(2-5-10)3-6-13(17)16-12-8-20-7-11(12)14(18)19/h1-8H,(H,16,17)(H,18,19)/b6-3+. The van der Waals surface area contributed by atoms with Crippen LogP contribution in [0.25, 0.3) is 6.08 Å². The second-order valence-electron chi connectivity index (χ2n) is 3.88. The summed E-state index contributed by atoms with van der Waals surface area (Å²) in [6.07, 6.45) is 2.96. The molecule has 2 rings (SSSR count). The molecule has 0 atom stereocenters. The van der Waals surface area contributed by atoms with E-state index in [1.54, 1.807) is 35.7 Å². The molecule has 0 aliphatic heterocycles. The third kappa shape index (κ3) is 3.69. The lowest BCUT2D eigenvalue weighted by Crippen LogP contribution is -2.10. The fourth-order valence-electron chi connectivity index (χ4n) is 1.48. The van der Waals surface area contributed by atoms with Gasteiger partial charge in [-0.25, -0.2) is 4.79 Å². The van der Waals surface area contributed by atoms with Crippen molar-refractivity contribution in [2.24, 2.45) is 0 Å². The maximum absolute atomic E-state index is 11.7. The fraction of sp³-hybridized carbons (Fsp3) is 0. The zero-order valence-electron chi connectivity index (χ0n) is 10.2. The average molecular weight is 308 g/mol.